The first-order valence-corrected chi connectivity index (χ1v) is 21.2. The number of hydrogen-bond acceptors (Lipinski definition) is 5. The van der Waals surface area contributed by atoms with Crippen LogP contribution in [0.5, 0.6) is 0 Å². The van der Waals surface area contributed by atoms with E-state index >= 15 is 0 Å². The molecule has 0 saturated heterocycles. The normalized spacial score (nSPS) is 12.7. The van der Waals surface area contributed by atoms with Crippen molar-refractivity contribution in [1.82, 2.24) is 4.90 Å². The molecule has 50 heavy (non-hydrogen) atoms. The van der Waals surface area contributed by atoms with Gasteiger partial charge in [-0.25, -0.2) is 0 Å². The van der Waals surface area contributed by atoms with E-state index < -0.39 is 0 Å². The minimum absolute atomic E-state index is 0.160. The molecule has 0 bridgehead atoms. The van der Waals surface area contributed by atoms with Gasteiger partial charge in [0.25, 0.3) is 0 Å². The predicted molar refractivity (Wildman–Crippen MR) is 217 cm³/mol. The Morgan fingerprint density at radius 3 is 1.26 bits per heavy atom. The monoisotopic (exact) mass is 700 g/mol. The van der Waals surface area contributed by atoms with Gasteiger partial charge in [0.1, 0.15) is 12.7 Å². The van der Waals surface area contributed by atoms with Gasteiger partial charge in [-0.05, 0) is 155 Å². The quantitative estimate of drug-likeness (QED) is 0.0367. The molecule has 0 aromatic rings. The Hall–Kier alpha value is -2.14. The van der Waals surface area contributed by atoms with Crippen LogP contribution >= 0.6 is 0 Å². The Balaban J connectivity index is 4.16. The second kappa shape index (κ2) is 39.6. The average Bonchev–Trinajstić information content (AvgIpc) is 3.10. The zero-order valence-corrected chi connectivity index (χ0v) is 33.5. The standard InChI is InChI=1S/C45H81NO4/c1-5-8-10-12-14-16-18-20-22-24-26-28-30-32-34-38-44(47)49-42-43(37-36-41-46(4)40-7-3)50-45(48)39-35-33-31-29-27-25-23-21-19-17-15-13-11-9-6-2/h14-17,26-29,43H,5-13,18-25,30-42H2,1-4H3/b16-14-,17-15-,28-26-,29-27-/t43-/m0/s1. The van der Waals surface area contributed by atoms with E-state index in [2.05, 4.69) is 81.3 Å². The molecule has 0 aromatic carbocycles. The van der Waals surface area contributed by atoms with Crippen molar-refractivity contribution in [2.75, 3.05) is 26.7 Å². The molecule has 0 aromatic heterocycles. The van der Waals surface area contributed by atoms with Gasteiger partial charge in [-0.2, -0.15) is 0 Å². The van der Waals surface area contributed by atoms with Crippen LogP contribution in [0.15, 0.2) is 48.6 Å². The van der Waals surface area contributed by atoms with Gasteiger partial charge >= 0.3 is 11.9 Å². The first-order valence-electron chi connectivity index (χ1n) is 21.2. The van der Waals surface area contributed by atoms with E-state index in [9.17, 15) is 9.59 Å². The van der Waals surface area contributed by atoms with E-state index in [-0.39, 0.29) is 24.6 Å². The first-order chi connectivity index (χ1) is 24.5. The van der Waals surface area contributed by atoms with Crippen LogP contribution in [-0.4, -0.2) is 49.7 Å². The summed E-state index contributed by atoms with van der Waals surface area (Å²) in [7, 11) is 2.12. The fourth-order valence-electron chi connectivity index (χ4n) is 5.84. The minimum atomic E-state index is -0.368. The molecule has 0 radical (unpaired) electrons. The Bertz CT molecular complexity index is 861. The maximum absolute atomic E-state index is 12.7. The number of esters is 2. The molecule has 5 heteroatoms. The van der Waals surface area contributed by atoms with Crippen LogP contribution in [-0.2, 0) is 19.1 Å². The summed E-state index contributed by atoms with van der Waals surface area (Å²) in [6.07, 6.45) is 47.2. The Morgan fingerprint density at radius 2 is 0.860 bits per heavy atom. The molecule has 290 valence electrons. The Kier molecular flexibility index (Phi) is 37.9. The van der Waals surface area contributed by atoms with Crippen LogP contribution < -0.4 is 0 Å². The second-order valence-electron chi connectivity index (χ2n) is 14.2. The molecule has 1 atom stereocenters. The van der Waals surface area contributed by atoms with E-state index in [1.807, 2.05) is 0 Å². The highest BCUT2D eigenvalue weighted by Gasteiger charge is 2.17. The Labute approximate surface area is 310 Å². The molecule has 0 aliphatic carbocycles. The van der Waals surface area contributed by atoms with Crippen molar-refractivity contribution in [3.8, 4) is 0 Å². The van der Waals surface area contributed by atoms with E-state index in [0.717, 1.165) is 77.3 Å². The highest BCUT2D eigenvalue weighted by molar-refractivity contribution is 5.70. The van der Waals surface area contributed by atoms with Crippen molar-refractivity contribution in [2.45, 2.75) is 200 Å². The van der Waals surface area contributed by atoms with Crippen molar-refractivity contribution in [2.24, 2.45) is 0 Å². The summed E-state index contributed by atoms with van der Waals surface area (Å²) >= 11 is 0. The number of rotatable bonds is 37. The molecule has 0 heterocycles. The lowest BCUT2D eigenvalue weighted by Gasteiger charge is -2.20. The number of allylic oxidation sites excluding steroid dienone is 8. The zero-order chi connectivity index (χ0) is 36.6. The Morgan fingerprint density at radius 1 is 0.480 bits per heavy atom. The van der Waals surface area contributed by atoms with Crippen LogP contribution in [0, 0.1) is 0 Å². The number of hydrogen-bond donors (Lipinski definition) is 0. The van der Waals surface area contributed by atoms with Gasteiger partial charge in [0.15, 0.2) is 0 Å². The molecular formula is C45H81NO4. The van der Waals surface area contributed by atoms with Gasteiger partial charge < -0.3 is 14.4 Å². The molecule has 0 fully saturated rings. The summed E-state index contributed by atoms with van der Waals surface area (Å²) in [5.41, 5.74) is 0. The summed E-state index contributed by atoms with van der Waals surface area (Å²) < 4.78 is 11.4. The summed E-state index contributed by atoms with van der Waals surface area (Å²) in [6.45, 7) is 8.84. The maximum atomic E-state index is 12.7. The summed E-state index contributed by atoms with van der Waals surface area (Å²) in [5, 5.41) is 0. The van der Waals surface area contributed by atoms with Crippen molar-refractivity contribution < 1.29 is 19.1 Å². The molecule has 0 aliphatic heterocycles. The third kappa shape index (κ3) is 37.1. The van der Waals surface area contributed by atoms with Crippen molar-refractivity contribution in [1.29, 1.82) is 0 Å². The van der Waals surface area contributed by atoms with Gasteiger partial charge in [0.05, 0.1) is 0 Å². The molecule has 5 nitrogen and oxygen atoms in total. The van der Waals surface area contributed by atoms with Crippen LogP contribution in [0.4, 0.5) is 0 Å². The number of nitrogens with zero attached hydrogens (tertiary/aromatic N) is 1. The number of carbonyl (C=O) groups is 2. The van der Waals surface area contributed by atoms with Crippen LogP contribution in [0.1, 0.15) is 194 Å². The fourth-order valence-corrected chi connectivity index (χ4v) is 5.84. The third-order valence-electron chi connectivity index (χ3n) is 9.00. The average molecular weight is 700 g/mol. The minimum Gasteiger partial charge on any atom is -0.462 e. The van der Waals surface area contributed by atoms with E-state index in [1.165, 1.54) is 89.9 Å². The largest absolute Gasteiger partial charge is 0.462 e. The van der Waals surface area contributed by atoms with Gasteiger partial charge in [-0.15, -0.1) is 0 Å². The summed E-state index contributed by atoms with van der Waals surface area (Å²) in [5.74, 6) is -0.364. The van der Waals surface area contributed by atoms with Gasteiger partial charge in [0, 0.05) is 12.8 Å². The molecular weight excluding hydrogens is 618 g/mol. The van der Waals surface area contributed by atoms with E-state index in [1.54, 1.807) is 0 Å². The molecule has 0 aliphatic rings. The lowest BCUT2D eigenvalue weighted by Crippen LogP contribution is -2.27. The van der Waals surface area contributed by atoms with Gasteiger partial charge in [-0.1, -0.05) is 95.1 Å². The van der Waals surface area contributed by atoms with Crippen molar-refractivity contribution in [3.05, 3.63) is 48.6 Å². The molecule has 0 unspecified atom stereocenters. The summed E-state index contributed by atoms with van der Waals surface area (Å²) in [6, 6.07) is 0. The van der Waals surface area contributed by atoms with Crippen LogP contribution in [0.3, 0.4) is 0 Å². The smallest absolute Gasteiger partial charge is 0.306 e. The molecule has 0 spiro atoms. The van der Waals surface area contributed by atoms with E-state index in [4.69, 9.17) is 9.47 Å². The van der Waals surface area contributed by atoms with Gasteiger partial charge in [0.2, 0.25) is 0 Å². The van der Waals surface area contributed by atoms with E-state index in [0.29, 0.717) is 19.3 Å². The fraction of sp³-hybridized carbons (Fsp3) is 0.778. The second-order valence-corrected chi connectivity index (χ2v) is 14.2. The highest BCUT2D eigenvalue weighted by atomic mass is 16.6. The third-order valence-corrected chi connectivity index (χ3v) is 9.00. The topological polar surface area (TPSA) is 55.8 Å². The molecule has 0 saturated carbocycles. The SMILES string of the molecule is CCCCC/C=C\CCCC/C=C\CCCCC(=O)OC[C@H](CCCN(C)CCC)OC(=O)CCCC/C=C\CCCC/C=C\CCCCC. The molecule has 0 amide bonds. The molecule has 0 N–H and O–H groups in total. The predicted octanol–water partition coefficient (Wildman–Crippen LogP) is 13.2. The maximum Gasteiger partial charge on any atom is 0.306 e. The number of ether oxygens (including phenoxy) is 2. The zero-order valence-electron chi connectivity index (χ0n) is 33.5. The highest BCUT2D eigenvalue weighted by Crippen LogP contribution is 2.12. The molecule has 0 rings (SSSR count). The van der Waals surface area contributed by atoms with Crippen LogP contribution in [0.2, 0.25) is 0 Å². The van der Waals surface area contributed by atoms with Gasteiger partial charge in [-0.3, -0.25) is 9.59 Å². The lowest BCUT2D eigenvalue weighted by atomic mass is 10.1. The lowest BCUT2D eigenvalue weighted by molar-refractivity contribution is -0.159. The summed E-state index contributed by atoms with van der Waals surface area (Å²) in [4.78, 5) is 27.4. The van der Waals surface area contributed by atoms with Crippen molar-refractivity contribution in [3.63, 3.8) is 0 Å². The number of unbranched alkanes of at least 4 members (excludes halogenated alkanes) is 16. The van der Waals surface area contributed by atoms with Crippen LogP contribution in [0.25, 0.3) is 0 Å². The van der Waals surface area contributed by atoms with Crippen molar-refractivity contribution >= 4 is 11.9 Å². The number of carbonyl (C=O) groups excluding carboxylic acids is 2. The first kappa shape index (κ1) is 47.9.